The van der Waals surface area contributed by atoms with E-state index in [1.165, 1.54) is 17.5 Å². The summed E-state index contributed by atoms with van der Waals surface area (Å²) in [6.45, 7) is 0. The molecule has 4 nitrogen and oxygen atoms in total. The molecule has 15 heavy (non-hydrogen) atoms. The third-order valence-corrected chi connectivity index (χ3v) is 2.92. The molecular formula is C10H15BN2O2. The van der Waals surface area contributed by atoms with Crippen LogP contribution < -0.4 is 0 Å². The van der Waals surface area contributed by atoms with Gasteiger partial charge in [-0.3, -0.25) is 0 Å². The van der Waals surface area contributed by atoms with Crippen molar-refractivity contribution < 1.29 is 9.53 Å². The largest absolute Gasteiger partial charge is 0.350 e. The molecular weight excluding hydrogens is 191 g/mol. The second-order valence-electron chi connectivity index (χ2n) is 4.02. The lowest BCUT2D eigenvalue weighted by atomic mass is 9.82. The molecule has 0 aromatic carbocycles. The second kappa shape index (κ2) is 5.77. The molecule has 1 unspecified atom stereocenters. The molecule has 5 heteroatoms. The first-order valence-electron chi connectivity index (χ1n) is 5.24. The van der Waals surface area contributed by atoms with E-state index < -0.39 is 12.0 Å². The van der Waals surface area contributed by atoms with Crippen LogP contribution in [0.5, 0.6) is 0 Å². The third kappa shape index (κ3) is 3.24. The van der Waals surface area contributed by atoms with Gasteiger partial charge in [-0.15, -0.1) is 5.26 Å². The van der Waals surface area contributed by atoms with Gasteiger partial charge in [0.15, 0.2) is 7.98 Å². The number of rotatable bonds is 3. The lowest BCUT2D eigenvalue weighted by Crippen LogP contribution is -2.44. The lowest BCUT2D eigenvalue weighted by molar-refractivity contribution is -0.143. The van der Waals surface area contributed by atoms with E-state index in [0.29, 0.717) is 0 Å². The zero-order chi connectivity index (χ0) is 11.3. The molecule has 0 aromatic heterocycles. The summed E-state index contributed by atoms with van der Waals surface area (Å²) < 4.78 is 4.36. The molecule has 80 valence electrons. The Bertz CT molecular complexity index is 257. The predicted octanol–water partition coefficient (Wildman–Crippen LogP) is 0.975. The maximum atomic E-state index is 11.5. The fourth-order valence-corrected chi connectivity index (χ4v) is 2.25. The van der Waals surface area contributed by atoms with Gasteiger partial charge >= 0.3 is 5.97 Å². The van der Waals surface area contributed by atoms with E-state index in [-0.39, 0.29) is 5.92 Å². The number of nitrogens with zero attached hydrogens (tertiary/aromatic N) is 2. The van der Waals surface area contributed by atoms with Gasteiger partial charge in [0.1, 0.15) is 6.04 Å². The Kier molecular flexibility index (Phi) is 4.63. The second-order valence-corrected chi connectivity index (χ2v) is 4.02. The van der Waals surface area contributed by atoms with Gasteiger partial charge in [0.25, 0.3) is 6.26 Å². The normalized spacial score (nSPS) is 19.5. The average Bonchev–Trinajstić information content (AvgIpc) is 2.19. The van der Waals surface area contributed by atoms with Crippen LogP contribution >= 0.6 is 0 Å². The highest BCUT2D eigenvalue weighted by Crippen LogP contribution is 2.28. The van der Waals surface area contributed by atoms with Crippen molar-refractivity contribution in [2.45, 2.75) is 38.1 Å². The molecule has 0 aliphatic heterocycles. The zero-order valence-electron chi connectivity index (χ0n) is 8.98. The molecule has 0 saturated heterocycles. The standard InChI is InChI=1S/C10H15BN2O2/c1-13(11)9(10(14)15-7-12)8-5-3-2-4-6-8/h8-9H,2-6H2,1H3. The summed E-state index contributed by atoms with van der Waals surface area (Å²) in [6, 6.07) is -0.482. The van der Waals surface area contributed by atoms with Crippen LogP contribution in [0.15, 0.2) is 0 Å². The van der Waals surface area contributed by atoms with Crippen LogP contribution in [0.4, 0.5) is 0 Å². The minimum atomic E-state index is -0.533. The van der Waals surface area contributed by atoms with Crippen LogP contribution in [0.3, 0.4) is 0 Å². The maximum Gasteiger partial charge on any atom is 0.338 e. The summed E-state index contributed by atoms with van der Waals surface area (Å²) >= 11 is 0. The van der Waals surface area contributed by atoms with Gasteiger partial charge in [0.05, 0.1) is 0 Å². The van der Waals surface area contributed by atoms with Crippen LogP contribution in [0.1, 0.15) is 32.1 Å². The summed E-state index contributed by atoms with van der Waals surface area (Å²) in [5.41, 5.74) is 0. The van der Waals surface area contributed by atoms with Crippen LogP contribution in [-0.4, -0.2) is 31.9 Å². The van der Waals surface area contributed by atoms with E-state index in [0.717, 1.165) is 25.7 Å². The van der Waals surface area contributed by atoms with E-state index >= 15 is 0 Å². The highest BCUT2D eigenvalue weighted by molar-refractivity contribution is 6.06. The Balaban J connectivity index is 2.64. The van der Waals surface area contributed by atoms with Crippen molar-refractivity contribution >= 4 is 14.0 Å². The van der Waals surface area contributed by atoms with Crippen LogP contribution in [0.2, 0.25) is 0 Å². The quantitative estimate of drug-likeness (QED) is 0.392. The van der Waals surface area contributed by atoms with Crippen molar-refractivity contribution in [1.29, 1.82) is 5.26 Å². The first-order valence-corrected chi connectivity index (χ1v) is 5.24. The summed E-state index contributed by atoms with van der Waals surface area (Å²) in [6.07, 6.45) is 6.82. The Hall–Kier alpha value is -1.02. The monoisotopic (exact) mass is 206 g/mol. The van der Waals surface area contributed by atoms with Gasteiger partial charge in [-0.25, -0.2) is 4.79 Å². The molecule has 1 atom stereocenters. The van der Waals surface area contributed by atoms with Crippen molar-refractivity contribution in [3.63, 3.8) is 0 Å². The predicted molar refractivity (Wildman–Crippen MR) is 55.6 cm³/mol. The smallest absolute Gasteiger partial charge is 0.338 e. The fourth-order valence-electron chi connectivity index (χ4n) is 2.25. The maximum absolute atomic E-state index is 11.5. The Labute approximate surface area is 91.6 Å². The molecule has 0 bridgehead atoms. The van der Waals surface area contributed by atoms with Crippen molar-refractivity contribution in [3.8, 4) is 6.26 Å². The van der Waals surface area contributed by atoms with E-state index in [1.807, 2.05) is 0 Å². The molecule has 1 saturated carbocycles. The number of esters is 1. The summed E-state index contributed by atoms with van der Waals surface area (Å²) in [4.78, 5) is 12.9. The first kappa shape index (κ1) is 12.1. The minimum Gasteiger partial charge on any atom is -0.350 e. The minimum absolute atomic E-state index is 0.217. The Morgan fingerprint density at radius 3 is 2.60 bits per heavy atom. The molecule has 0 N–H and O–H groups in total. The van der Waals surface area contributed by atoms with Crippen molar-refractivity contribution in [1.82, 2.24) is 4.81 Å². The number of likely N-dealkylation sites (N-methyl/N-ethyl adjacent to an activating group) is 1. The average molecular weight is 206 g/mol. The molecule has 2 radical (unpaired) electrons. The highest BCUT2D eigenvalue weighted by atomic mass is 16.5. The van der Waals surface area contributed by atoms with Crippen molar-refractivity contribution in [2.75, 3.05) is 7.05 Å². The molecule has 1 fully saturated rings. The number of ether oxygens (including phenoxy) is 1. The zero-order valence-corrected chi connectivity index (χ0v) is 8.98. The van der Waals surface area contributed by atoms with E-state index in [4.69, 9.17) is 13.2 Å². The van der Waals surface area contributed by atoms with Gasteiger partial charge in [-0.1, -0.05) is 19.3 Å². The van der Waals surface area contributed by atoms with Gasteiger partial charge in [-0.2, -0.15) is 0 Å². The van der Waals surface area contributed by atoms with Crippen molar-refractivity contribution in [2.24, 2.45) is 5.92 Å². The van der Waals surface area contributed by atoms with Gasteiger partial charge in [0.2, 0.25) is 0 Å². The Morgan fingerprint density at radius 2 is 2.13 bits per heavy atom. The highest BCUT2D eigenvalue weighted by Gasteiger charge is 2.32. The topological polar surface area (TPSA) is 53.3 Å². The number of hydrogen-bond donors (Lipinski definition) is 0. The number of nitriles is 1. The van der Waals surface area contributed by atoms with Gasteiger partial charge in [0, 0.05) is 0 Å². The molecule has 0 aromatic rings. The van der Waals surface area contributed by atoms with E-state index in [9.17, 15) is 4.79 Å². The number of carbonyl (C=O) groups excluding carboxylic acids is 1. The van der Waals surface area contributed by atoms with E-state index in [2.05, 4.69) is 4.74 Å². The fraction of sp³-hybridized carbons (Fsp3) is 0.800. The molecule has 1 aliphatic carbocycles. The van der Waals surface area contributed by atoms with Gasteiger partial charge in [-0.05, 0) is 25.8 Å². The Morgan fingerprint density at radius 1 is 1.53 bits per heavy atom. The number of hydrogen-bond acceptors (Lipinski definition) is 4. The third-order valence-electron chi connectivity index (χ3n) is 2.92. The van der Waals surface area contributed by atoms with Crippen LogP contribution in [0, 0.1) is 17.4 Å². The molecule has 1 rings (SSSR count). The summed E-state index contributed by atoms with van der Waals surface area (Å²) in [7, 11) is 7.26. The molecule has 0 spiro atoms. The van der Waals surface area contributed by atoms with Crippen LogP contribution in [-0.2, 0) is 9.53 Å². The van der Waals surface area contributed by atoms with Crippen LogP contribution in [0.25, 0.3) is 0 Å². The molecule has 0 amide bonds. The summed E-state index contributed by atoms with van der Waals surface area (Å²) in [5.74, 6) is -0.316. The SMILES string of the molecule is [B]N(C)C(C(=O)OC#N)C1CCCCC1. The summed E-state index contributed by atoms with van der Waals surface area (Å²) in [5, 5.41) is 8.31. The lowest BCUT2D eigenvalue weighted by Gasteiger charge is -2.32. The van der Waals surface area contributed by atoms with Crippen molar-refractivity contribution in [3.05, 3.63) is 0 Å². The van der Waals surface area contributed by atoms with Gasteiger partial charge < -0.3 is 9.55 Å². The number of carbonyl (C=O) groups is 1. The molecule has 1 aliphatic rings. The van der Waals surface area contributed by atoms with E-state index in [1.54, 1.807) is 7.05 Å². The first-order chi connectivity index (χ1) is 7.16. The molecule has 0 heterocycles.